The Bertz CT molecular complexity index is 2530. The second-order valence-electron chi connectivity index (χ2n) is 12.4. The van der Waals surface area contributed by atoms with Crippen molar-refractivity contribution in [1.82, 2.24) is 9.13 Å². The molecular formula is C44H36N2O. The fourth-order valence-corrected chi connectivity index (χ4v) is 7.78. The van der Waals surface area contributed by atoms with Gasteiger partial charge in [-0.2, -0.15) is 0 Å². The number of allylic oxidation sites excluding steroid dienone is 2. The number of aromatic nitrogens is 2. The van der Waals surface area contributed by atoms with Gasteiger partial charge >= 0.3 is 0 Å². The Morgan fingerprint density at radius 2 is 1.23 bits per heavy atom. The van der Waals surface area contributed by atoms with Gasteiger partial charge in [0.1, 0.15) is 11.3 Å². The Morgan fingerprint density at radius 3 is 2.09 bits per heavy atom. The Kier molecular flexibility index (Phi) is 6.53. The van der Waals surface area contributed by atoms with Crippen molar-refractivity contribution in [3.8, 4) is 22.5 Å². The molecule has 47 heavy (non-hydrogen) atoms. The quantitative estimate of drug-likeness (QED) is 0.196. The van der Waals surface area contributed by atoms with E-state index in [0.29, 0.717) is 0 Å². The molecule has 2 aliphatic rings. The highest BCUT2D eigenvalue weighted by Crippen LogP contribution is 2.40. The van der Waals surface area contributed by atoms with Gasteiger partial charge in [0, 0.05) is 50.6 Å². The predicted octanol–water partition coefficient (Wildman–Crippen LogP) is 12.1. The van der Waals surface area contributed by atoms with Crippen LogP contribution in [0.2, 0.25) is 0 Å². The van der Waals surface area contributed by atoms with Crippen molar-refractivity contribution < 1.29 is 4.42 Å². The topological polar surface area (TPSA) is 23.0 Å². The molecule has 0 unspecified atom stereocenters. The summed E-state index contributed by atoms with van der Waals surface area (Å²) >= 11 is 0. The predicted molar refractivity (Wildman–Crippen MR) is 199 cm³/mol. The minimum atomic E-state index is 0.965. The number of hydrogen-bond donors (Lipinski definition) is 0. The van der Waals surface area contributed by atoms with Crippen LogP contribution in [0.5, 0.6) is 0 Å². The van der Waals surface area contributed by atoms with Gasteiger partial charge in [0.05, 0.1) is 16.6 Å². The fourth-order valence-electron chi connectivity index (χ4n) is 7.78. The number of nitrogens with zero attached hydrogens (tertiary/aromatic N) is 2. The van der Waals surface area contributed by atoms with Crippen molar-refractivity contribution in [2.45, 2.75) is 39.5 Å². The van der Waals surface area contributed by atoms with Gasteiger partial charge in [-0.05, 0) is 103 Å². The molecule has 3 nitrogen and oxygen atoms in total. The van der Waals surface area contributed by atoms with Gasteiger partial charge < -0.3 is 13.6 Å². The molecule has 0 saturated carbocycles. The minimum absolute atomic E-state index is 0.965. The molecule has 10 rings (SSSR count). The first-order valence-electron chi connectivity index (χ1n) is 17.0. The van der Waals surface area contributed by atoms with Crippen molar-refractivity contribution in [3.63, 3.8) is 0 Å². The third-order valence-corrected chi connectivity index (χ3v) is 9.84. The first-order chi connectivity index (χ1) is 23.3. The van der Waals surface area contributed by atoms with Crippen LogP contribution in [0.25, 0.3) is 78.3 Å². The zero-order valence-corrected chi connectivity index (χ0v) is 26.8. The highest BCUT2D eigenvalue weighted by Gasteiger charge is 2.20. The maximum Gasteiger partial charge on any atom is 0.135 e. The van der Waals surface area contributed by atoms with Gasteiger partial charge in [-0.1, -0.05) is 80.6 Å². The summed E-state index contributed by atoms with van der Waals surface area (Å²) in [5.41, 5.74) is 13.5. The summed E-state index contributed by atoms with van der Waals surface area (Å²) in [7, 11) is 0. The van der Waals surface area contributed by atoms with Crippen molar-refractivity contribution >= 4 is 55.8 Å². The lowest BCUT2D eigenvalue weighted by Crippen LogP contribution is -1.99. The van der Waals surface area contributed by atoms with E-state index in [0.717, 1.165) is 42.7 Å². The van der Waals surface area contributed by atoms with E-state index < -0.39 is 0 Å². The molecular weight excluding hydrogens is 572 g/mol. The van der Waals surface area contributed by atoms with E-state index in [1.807, 2.05) is 13.8 Å². The molecule has 0 N–H and O–H groups in total. The summed E-state index contributed by atoms with van der Waals surface area (Å²) in [5.74, 6) is 1.10. The molecule has 8 aromatic rings. The summed E-state index contributed by atoms with van der Waals surface area (Å²) < 4.78 is 11.1. The van der Waals surface area contributed by atoms with Gasteiger partial charge in [0.25, 0.3) is 0 Å². The first-order valence-corrected chi connectivity index (χ1v) is 17.0. The molecule has 0 spiro atoms. The van der Waals surface area contributed by atoms with Gasteiger partial charge in [-0.3, -0.25) is 0 Å². The molecule has 3 aromatic heterocycles. The summed E-state index contributed by atoms with van der Waals surface area (Å²) in [6.07, 6.45) is 13.3. The standard InChI is InChI=1S/C42H30N2O.C2H6/c1-2-10-29(11-3-1)43-37-15-7-4-12-31(37)34-24-27(18-21-39(34)43)28-19-22-40-35(25-28)32-13-5-8-16-38(32)44(40)30-20-23-42-36(26-30)33-14-6-9-17-41(33)45-42;1-2/h1-3,5-8,10-11,13-16,18-26H,4,9,12,17H2;1-2H3. The smallest absolute Gasteiger partial charge is 0.135 e. The maximum atomic E-state index is 6.23. The van der Waals surface area contributed by atoms with E-state index in [9.17, 15) is 0 Å². The van der Waals surface area contributed by atoms with Crippen molar-refractivity contribution in [2.75, 3.05) is 0 Å². The van der Waals surface area contributed by atoms with Crippen LogP contribution < -0.4 is 0 Å². The lowest BCUT2D eigenvalue weighted by molar-refractivity contribution is 0.546. The van der Waals surface area contributed by atoms with Crippen LogP contribution in [0.3, 0.4) is 0 Å². The van der Waals surface area contributed by atoms with Crippen LogP contribution in [0.1, 0.15) is 49.3 Å². The lowest BCUT2D eigenvalue weighted by atomic mass is 9.97. The SMILES string of the molecule is C1=Cc2c(oc3ccc(-n4c5ccccc5c5cc(-c6ccc7c(c6)c6c(n7-c7ccccc7)C=CCC6)ccc54)cc23)CC1.CC. The highest BCUT2D eigenvalue weighted by molar-refractivity contribution is 6.11. The summed E-state index contributed by atoms with van der Waals surface area (Å²) in [5, 5.41) is 5.07. The molecule has 0 bridgehead atoms. The number of rotatable bonds is 3. The van der Waals surface area contributed by atoms with E-state index >= 15 is 0 Å². The zero-order chi connectivity index (χ0) is 31.5. The monoisotopic (exact) mass is 608 g/mol. The molecule has 2 aliphatic carbocycles. The van der Waals surface area contributed by atoms with Crippen LogP contribution in [-0.4, -0.2) is 9.13 Å². The van der Waals surface area contributed by atoms with Crippen LogP contribution in [-0.2, 0) is 12.8 Å². The van der Waals surface area contributed by atoms with Crippen LogP contribution in [0.4, 0.5) is 0 Å². The summed E-state index contributed by atoms with van der Waals surface area (Å²) in [6, 6.07) is 40.2. The van der Waals surface area contributed by atoms with E-state index in [-0.39, 0.29) is 0 Å². The molecule has 5 aromatic carbocycles. The molecule has 0 aliphatic heterocycles. The van der Waals surface area contributed by atoms with Crippen molar-refractivity contribution in [3.05, 3.63) is 144 Å². The summed E-state index contributed by atoms with van der Waals surface area (Å²) in [6.45, 7) is 4.00. The van der Waals surface area contributed by atoms with E-state index in [1.165, 1.54) is 71.7 Å². The van der Waals surface area contributed by atoms with Gasteiger partial charge in [0.15, 0.2) is 0 Å². The maximum absolute atomic E-state index is 6.23. The van der Waals surface area contributed by atoms with Gasteiger partial charge in [0.2, 0.25) is 0 Å². The minimum Gasteiger partial charge on any atom is -0.460 e. The third-order valence-electron chi connectivity index (χ3n) is 9.84. The van der Waals surface area contributed by atoms with Crippen molar-refractivity contribution in [2.24, 2.45) is 0 Å². The fraction of sp³-hybridized carbons (Fsp3) is 0.136. The first kappa shape index (κ1) is 27.7. The lowest BCUT2D eigenvalue weighted by Gasteiger charge is -2.11. The highest BCUT2D eigenvalue weighted by atomic mass is 16.3. The van der Waals surface area contributed by atoms with Crippen LogP contribution in [0, 0.1) is 0 Å². The normalized spacial score (nSPS) is 13.7. The Balaban J connectivity index is 0.00000149. The van der Waals surface area contributed by atoms with E-state index in [2.05, 4.69) is 143 Å². The number of furan rings is 1. The van der Waals surface area contributed by atoms with Crippen molar-refractivity contribution in [1.29, 1.82) is 0 Å². The molecule has 0 saturated heterocycles. The number of benzene rings is 5. The molecule has 0 radical (unpaired) electrons. The molecule has 228 valence electrons. The second kappa shape index (κ2) is 11.1. The van der Waals surface area contributed by atoms with E-state index in [4.69, 9.17) is 4.42 Å². The number of fused-ring (bicyclic) bond motifs is 9. The second-order valence-corrected chi connectivity index (χ2v) is 12.4. The average molecular weight is 609 g/mol. The Morgan fingerprint density at radius 1 is 0.532 bits per heavy atom. The third kappa shape index (κ3) is 4.26. The average Bonchev–Trinajstić information content (AvgIpc) is 3.79. The number of hydrogen-bond acceptors (Lipinski definition) is 1. The Labute approximate surface area is 274 Å². The molecule has 3 heterocycles. The van der Waals surface area contributed by atoms with Gasteiger partial charge in [-0.25, -0.2) is 0 Å². The molecule has 0 fully saturated rings. The molecule has 3 heteroatoms. The largest absolute Gasteiger partial charge is 0.460 e. The number of para-hydroxylation sites is 2. The molecule has 0 atom stereocenters. The summed E-state index contributed by atoms with van der Waals surface area (Å²) in [4.78, 5) is 0. The zero-order valence-electron chi connectivity index (χ0n) is 26.8. The number of aryl methyl sites for hydroxylation is 2. The molecule has 0 amide bonds. The van der Waals surface area contributed by atoms with Gasteiger partial charge in [-0.15, -0.1) is 0 Å². The van der Waals surface area contributed by atoms with Crippen LogP contribution >= 0.6 is 0 Å². The van der Waals surface area contributed by atoms with E-state index in [1.54, 1.807) is 0 Å². The van der Waals surface area contributed by atoms with Crippen LogP contribution in [0.15, 0.2) is 126 Å². The Hall–Kier alpha value is -5.54.